The molecule has 16 heavy (non-hydrogen) atoms. The van der Waals surface area contributed by atoms with Crippen molar-refractivity contribution in [3.63, 3.8) is 0 Å². The van der Waals surface area contributed by atoms with E-state index in [0.29, 0.717) is 16.9 Å². The highest BCUT2D eigenvalue weighted by Gasteiger charge is 2.44. The van der Waals surface area contributed by atoms with Crippen molar-refractivity contribution in [2.45, 2.75) is 25.0 Å². The topological polar surface area (TPSA) is 93.9 Å². The van der Waals surface area contributed by atoms with Gasteiger partial charge in [0.25, 0.3) is 0 Å². The van der Waals surface area contributed by atoms with Gasteiger partial charge in [-0.25, -0.2) is 0 Å². The predicted molar refractivity (Wildman–Crippen MR) is 52.4 cm³/mol. The molecule has 1 saturated heterocycles. The maximum atomic E-state index is 11.4. The summed E-state index contributed by atoms with van der Waals surface area (Å²) in [5.74, 6) is -0.499. The number of rotatable bonds is 2. The van der Waals surface area contributed by atoms with Crippen LogP contribution < -0.4 is 0 Å². The molecule has 0 radical (unpaired) electrons. The molecule has 1 aromatic rings. The van der Waals surface area contributed by atoms with Crippen LogP contribution in [0, 0.1) is 0 Å². The van der Waals surface area contributed by atoms with Crippen LogP contribution in [0.25, 0.3) is 0 Å². The molecule has 1 aliphatic heterocycles. The Morgan fingerprint density at radius 1 is 1.44 bits per heavy atom. The molecule has 2 heterocycles. The average Bonchev–Trinajstić information content (AvgIpc) is 2.61. The van der Waals surface area contributed by atoms with E-state index in [4.69, 9.17) is 15.3 Å². The first-order valence-electron chi connectivity index (χ1n) is 4.89. The normalized spacial score (nSPS) is 21.6. The van der Waals surface area contributed by atoms with Crippen molar-refractivity contribution in [1.82, 2.24) is 9.88 Å². The van der Waals surface area contributed by atoms with Gasteiger partial charge in [-0.05, 0) is 18.1 Å². The van der Waals surface area contributed by atoms with Gasteiger partial charge in [-0.1, -0.05) is 6.07 Å². The van der Waals surface area contributed by atoms with E-state index in [0.717, 1.165) is 0 Å². The monoisotopic (exact) mass is 224 g/mol. The smallest absolute Gasteiger partial charge is 0.325 e. The molecule has 0 saturated carbocycles. The number of hydrogen-bond acceptors (Lipinski definition) is 5. The van der Waals surface area contributed by atoms with E-state index in [9.17, 15) is 4.79 Å². The van der Waals surface area contributed by atoms with Gasteiger partial charge in [-0.3, -0.25) is 14.7 Å². The summed E-state index contributed by atoms with van der Waals surface area (Å²) in [6.07, 6.45) is 0.585. The van der Waals surface area contributed by atoms with Gasteiger partial charge in [0, 0.05) is 18.8 Å². The van der Waals surface area contributed by atoms with E-state index >= 15 is 0 Å². The van der Waals surface area contributed by atoms with E-state index in [2.05, 4.69) is 4.98 Å². The number of amides is 1. The van der Waals surface area contributed by atoms with E-state index in [1.165, 1.54) is 6.20 Å². The molecule has 1 aliphatic rings. The molecule has 0 spiro atoms. The van der Waals surface area contributed by atoms with Crippen LogP contribution in [-0.4, -0.2) is 37.2 Å². The summed E-state index contributed by atoms with van der Waals surface area (Å²) in [4.78, 5) is 16.0. The molecule has 0 aromatic carbocycles. The van der Waals surface area contributed by atoms with Crippen LogP contribution in [0.15, 0.2) is 24.5 Å². The Labute approximate surface area is 91.8 Å². The zero-order chi connectivity index (χ0) is 11.8. The highest BCUT2D eigenvalue weighted by atomic mass is 16.7. The quantitative estimate of drug-likeness (QED) is 0.579. The van der Waals surface area contributed by atoms with E-state index in [1.807, 2.05) is 0 Å². The lowest BCUT2D eigenvalue weighted by Gasteiger charge is -2.31. The number of likely N-dealkylation sites (tertiary alicyclic amines) is 1. The minimum absolute atomic E-state index is 0.170. The zero-order valence-electron chi connectivity index (χ0n) is 8.45. The van der Waals surface area contributed by atoms with Crippen LogP contribution in [0.5, 0.6) is 0 Å². The molecular formula is C10H12N2O4. The van der Waals surface area contributed by atoms with Gasteiger partial charge in [0.2, 0.25) is 5.91 Å². The Balaban J connectivity index is 2.32. The second kappa shape index (κ2) is 3.82. The first-order chi connectivity index (χ1) is 7.50. The Kier molecular flexibility index (Phi) is 2.63. The molecule has 86 valence electrons. The molecule has 0 bridgehead atoms. The van der Waals surface area contributed by atoms with Gasteiger partial charge < -0.3 is 15.3 Å². The maximum Gasteiger partial charge on any atom is 0.372 e. The molecule has 1 unspecified atom stereocenters. The Bertz CT molecular complexity index is 388. The third-order valence-corrected chi connectivity index (χ3v) is 2.60. The summed E-state index contributed by atoms with van der Waals surface area (Å²) >= 11 is 0. The van der Waals surface area contributed by atoms with Crippen molar-refractivity contribution in [3.05, 3.63) is 30.1 Å². The number of pyridine rings is 1. The van der Waals surface area contributed by atoms with E-state index in [-0.39, 0.29) is 6.42 Å². The number of nitrogens with zero attached hydrogens (tertiary/aromatic N) is 2. The summed E-state index contributed by atoms with van der Waals surface area (Å²) in [7, 11) is 0. The van der Waals surface area contributed by atoms with Gasteiger partial charge in [-0.15, -0.1) is 0 Å². The summed E-state index contributed by atoms with van der Waals surface area (Å²) in [6, 6.07) is 2.85. The summed E-state index contributed by atoms with van der Waals surface area (Å²) in [5.41, 5.74) is 0.662. The van der Waals surface area contributed by atoms with Crippen molar-refractivity contribution in [1.29, 1.82) is 0 Å². The first-order valence-corrected chi connectivity index (χ1v) is 4.89. The lowest BCUT2D eigenvalue weighted by atomic mass is 10.1. The van der Waals surface area contributed by atoms with Crippen LogP contribution in [0.2, 0.25) is 0 Å². The summed E-state index contributed by atoms with van der Waals surface area (Å²) < 4.78 is 0. The number of hydrogen-bond donors (Lipinski definition) is 3. The fraction of sp³-hybridized carbons (Fsp3) is 0.400. The highest BCUT2D eigenvalue weighted by Crippen LogP contribution is 2.35. The third-order valence-electron chi connectivity index (χ3n) is 2.60. The zero-order valence-corrected chi connectivity index (χ0v) is 8.45. The van der Waals surface area contributed by atoms with Crippen molar-refractivity contribution in [2.24, 2.45) is 0 Å². The number of aliphatic hydroxyl groups is 3. The maximum absolute atomic E-state index is 11.4. The molecular weight excluding hydrogens is 212 g/mol. The number of carbonyl (C=O) groups excluding carboxylic acids is 1. The number of carbonyl (C=O) groups is 1. The number of aromatic nitrogens is 1. The predicted octanol–water partition coefficient (Wildman–Crippen LogP) is -0.667. The van der Waals surface area contributed by atoms with Crippen molar-refractivity contribution >= 4 is 5.91 Å². The standard InChI is InChI=1S/C10H12N2O4/c13-9-4-3-8(12(9)10(14,15)16)7-2-1-5-11-6-7/h1-2,5-6,8,14-16H,3-4H2. The molecule has 6 nitrogen and oxygen atoms in total. The van der Waals surface area contributed by atoms with Gasteiger partial charge >= 0.3 is 6.10 Å². The largest absolute Gasteiger partial charge is 0.372 e. The fourth-order valence-corrected chi connectivity index (χ4v) is 1.95. The van der Waals surface area contributed by atoms with Gasteiger partial charge in [-0.2, -0.15) is 0 Å². The highest BCUT2D eigenvalue weighted by molar-refractivity contribution is 5.79. The fourth-order valence-electron chi connectivity index (χ4n) is 1.95. The molecule has 0 aliphatic carbocycles. The minimum atomic E-state index is -3.12. The molecule has 1 atom stereocenters. The van der Waals surface area contributed by atoms with Crippen molar-refractivity contribution in [2.75, 3.05) is 0 Å². The lowest BCUT2D eigenvalue weighted by Crippen LogP contribution is -2.50. The van der Waals surface area contributed by atoms with Crippen LogP contribution >= 0.6 is 0 Å². The van der Waals surface area contributed by atoms with E-state index in [1.54, 1.807) is 18.3 Å². The van der Waals surface area contributed by atoms with Gasteiger partial charge in [0.1, 0.15) is 0 Å². The third kappa shape index (κ3) is 1.90. The average molecular weight is 224 g/mol. The van der Waals surface area contributed by atoms with Crippen molar-refractivity contribution < 1.29 is 20.1 Å². The Morgan fingerprint density at radius 2 is 2.19 bits per heavy atom. The molecule has 1 amide bonds. The van der Waals surface area contributed by atoms with Gasteiger partial charge in [0.15, 0.2) is 0 Å². The van der Waals surface area contributed by atoms with Crippen LogP contribution in [-0.2, 0) is 4.79 Å². The minimum Gasteiger partial charge on any atom is -0.325 e. The summed E-state index contributed by atoms with van der Waals surface area (Å²) in [6.45, 7) is 0. The van der Waals surface area contributed by atoms with Gasteiger partial charge in [0.05, 0.1) is 6.04 Å². The van der Waals surface area contributed by atoms with Crippen LogP contribution in [0.3, 0.4) is 0 Å². The van der Waals surface area contributed by atoms with E-state index < -0.39 is 18.0 Å². The van der Waals surface area contributed by atoms with Crippen LogP contribution in [0.1, 0.15) is 24.4 Å². The molecule has 6 heteroatoms. The Hall–Kier alpha value is -1.50. The SMILES string of the molecule is O=C1CCC(c2cccnc2)N1C(O)(O)O. The Morgan fingerprint density at radius 3 is 2.75 bits per heavy atom. The van der Waals surface area contributed by atoms with Crippen molar-refractivity contribution in [3.8, 4) is 0 Å². The second-order valence-corrected chi connectivity index (χ2v) is 3.70. The molecule has 2 rings (SSSR count). The van der Waals surface area contributed by atoms with Crippen LogP contribution in [0.4, 0.5) is 0 Å². The lowest BCUT2D eigenvalue weighted by molar-refractivity contribution is -0.386. The first kappa shape index (κ1) is 11.0. The molecule has 3 N–H and O–H groups in total. The molecule has 1 aromatic heterocycles. The summed E-state index contributed by atoms with van der Waals surface area (Å²) in [5, 5.41) is 27.3. The molecule has 1 fully saturated rings. The second-order valence-electron chi connectivity index (χ2n) is 3.70.